The average molecular weight is 262 g/mol. The molecule has 0 radical (unpaired) electrons. The average Bonchev–Trinajstić information content (AvgIpc) is 2.94. The predicted molar refractivity (Wildman–Crippen MR) is 74.8 cm³/mol. The SMILES string of the molecule is COC(C(=O)NCC[C@@H]1CCCN1)c1ccccc1. The number of amides is 1. The van der Waals surface area contributed by atoms with Gasteiger partial charge in [-0.25, -0.2) is 0 Å². The summed E-state index contributed by atoms with van der Waals surface area (Å²) < 4.78 is 5.29. The van der Waals surface area contributed by atoms with Crippen LogP contribution in [0, 0.1) is 0 Å². The van der Waals surface area contributed by atoms with E-state index in [-0.39, 0.29) is 5.91 Å². The standard InChI is InChI=1S/C15H22N2O2/c1-19-14(12-6-3-2-4-7-12)15(18)17-11-9-13-8-5-10-16-13/h2-4,6-7,13-14,16H,5,8-11H2,1H3,(H,17,18)/t13-,14?/m0/s1. The number of carbonyl (C=O) groups is 1. The van der Waals surface area contributed by atoms with E-state index in [2.05, 4.69) is 10.6 Å². The van der Waals surface area contributed by atoms with Gasteiger partial charge < -0.3 is 15.4 Å². The minimum atomic E-state index is -0.516. The maximum Gasteiger partial charge on any atom is 0.253 e. The highest BCUT2D eigenvalue weighted by atomic mass is 16.5. The van der Waals surface area contributed by atoms with Gasteiger partial charge in [0.25, 0.3) is 5.91 Å². The summed E-state index contributed by atoms with van der Waals surface area (Å²) >= 11 is 0. The van der Waals surface area contributed by atoms with Crippen LogP contribution >= 0.6 is 0 Å². The Morgan fingerprint density at radius 2 is 2.26 bits per heavy atom. The lowest BCUT2D eigenvalue weighted by Crippen LogP contribution is -2.34. The third kappa shape index (κ3) is 4.04. The van der Waals surface area contributed by atoms with E-state index in [4.69, 9.17) is 4.74 Å². The molecule has 1 aromatic rings. The molecule has 1 saturated heterocycles. The largest absolute Gasteiger partial charge is 0.367 e. The summed E-state index contributed by atoms with van der Waals surface area (Å²) in [6.45, 7) is 1.80. The number of hydrogen-bond acceptors (Lipinski definition) is 3. The van der Waals surface area contributed by atoms with Gasteiger partial charge in [0, 0.05) is 19.7 Å². The van der Waals surface area contributed by atoms with Crippen LogP contribution in [0.4, 0.5) is 0 Å². The molecule has 1 fully saturated rings. The Balaban J connectivity index is 1.80. The predicted octanol–water partition coefficient (Wildman–Crippen LogP) is 1.63. The second kappa shape index (κ2) is 7.26. The maximum absolute atomic E-state index is 12.1. The van der Waals surface area contributed by atoms with Crippen molar-refractivity contribution in [3.8, 4) is 0 Å². The minimum absolute atomic E-state index is 0.0632. The Bertz CT molecular complexity index is 388. The Morgan fingerprint density at radius 1 is 1.47 bits per heavy atom. The second-order valence-electron chi connectivity index (χ2n) is 4.90. The van der Waals surface area contributed by atoms with E-state index in [1.54, 1.807) is 7.11 Å². The van der Waals surface area contributed by atoms with E-state index in [0.717, 1.165) is 18.5 Å². The number of nitrogens with one attached hydrogen (secondary N) is 2. The van der Waals surface area contributed by atoms with Crippen molar-refractivity contribution in [1.29, 1.82) is 0 Å². The highest BCUT2D eigenvalue weighted by Crippen LogP contribution is 2.16. The highest BCUT2D eigenvalue weighted by molar-refractivity contribution is 5.82. The fourth-order valence-corrected chi connectivity index (χ4v) is 2.49. The topological polar surface area (TPSA) is 50.4 Å². The Hall–Kier alpha value is -1.39. The third-order valence-electron chi connectivity index (χ3n) is 3.53. The van der Waals surface area contributed by atoms with Crippen LogP contribution in [0.5, 0.6) is 0 Å². The van der Waals surface area contributed by atoms with Crippen molar-refractivity contribution in [2.45, 2.75) is 31.4 Å². The summed E-state index contributed by atoms with van der Waals surface area (Å²) in [6, 6.07) is 10.1. The summed E-state index contributed by atoms with van der Waals surface area (Å²) in [5.41, 5.74) is 0.890. The molecular weight excluding hydrogens is 240 g/mol. The maximum atomic E-state index is 12.1. The molecule has 4 heteroatoms. The van der Waals surface area contributed by atoms with Crippen LogP contribution in [-0.2, 0) is 9.53 Å². The molecule has 1 heterocycles. The molecule has 1 amide bonds. The van der Waals surface area contributed by atoms with E-state index in [0.29, 0.717) is 12.6 Å². The van der Waals surface area contributed by atoms with Crippen LogP contribution in [0.25, 0.3) is 0 Å². The zero-order chi connectivity index (χ0) is 13.5. The number of hydrogen-bond donors (Lipinski definition) is 2. The summed E-state index contributed by atoms with van der Waals surface area (Å²) in [5, 5.41) is 6.38. The van der Waals surface area contributed by atoms with Crippen molar-refractivity contribution in [3.05, 3.63) is 35.9 Å². The molecule has 2 rings (SSSR count). The fraction of sp³-hybridized carbons (Fsp3) is 0.533. The molecule has 0 bridgehead atoms. The highest BCUT2D eigenvalue weighted by Gasteiger charge is 2.20. The van der Waals surface area contributed by atoms with E-state index >= 15 is 0 Å². The van der Waals surface area contributed by atoms with Gasteiger partial charge in [0.15, 0.2) is 6.10 Å². The first-order valence-electron chi connectivity index (χ1n) is 6.90. The van der Waals surface area contributed by atoms with Gasteiger partial charge in [0.2, 0.25) is 0 Å². The number of methoxy groups -OCH3 is 1. The molecule has 0 spiro atoms. The first kappa shape index (κ1) is 14.0. The van der Waals surface area contributed by atoms with Gasteiger partial charge >= 0.3 is 0 Å². The molecule has 1 aromatic carbocycles. The minimum Gasteiger partial charge on any atom is -0.367 e. The number of benzene rings is 1. The van der Waals surface area contributed by atoms with Gasteiger partial charge in [-0.2, -0.15) is 0 Å². The smallest absolute Gasteiger partial charge is 0.253 e. The molecule has 0 aliphatic carbocycles. The molecule has 19 heavy (non-hydrogen) atoms. The molecule has 104 valence electrons. The second-order valence-corrected chi connectivity index (χ2v) is 4.90. The number of carbonyl (C=O) groups excluding carboxylic acids is 1. The van der Waals surface area contributed by atoms with Crippen LogP contribution in [0.1, 0.15) is 30.9 Å². The number of rotatable bonds is 6. The van der Waals surface area contributed by atoms with E-state index in [1.807, 2.05) is 30.3 Å². The Labute approximate surface area is 114 Å². The van der Waals surface area contributed by atoms with E-state index < -0.39 is 6.10 Å². The van der Waals surface area contributed by atoms with Crippen molar-refractivity contribution in [2.24, 2.45) is 0 Å². The molecule has 4 nitrogen and oxygen atoms in total. The lowest BCUT2D eigenvalue weighted by Gasteiger charge is -2.16. The first-order chi connectivity index (χ1) is 9.31. The molecule has 1 aliphatic heterocycles. The summed E-state index contributed by atoms with van der Waals surface area (Å²) in [7, 11) is 1.57. The van der Waals surface area contributed by atoms with Gasteiger partial charge in [-0.3, -0.25) is 4.79 Å². The first-order valence-corrected chi connectivity index (χ1v) is 6.90. The zero-order valence-corrected chi connectivity index (χ0v) is 11.4. The molecule has 2 atom stereocenters. The fourth-order valence-electron chi connectivity index (χ4n) is 2.49. The zero-order valence-electron chi connectivity index (χ0n) is 11.4. The van der Waals surface area contributed by atoms with Crippen LogP contribution in [0.15, 0.2) is 30.3 Å². The summed E-state index contributed by atoms with van der Waals surface area (Å²) in [6.07, 6.45) is 2.92. The normalized spacial score (nSPS) is 20.2. The quantitative estimate of drug-likeness (QED) is 0.819. The van der Waals surface area contributed by atoms with Gasteiger partial charge in [0.05, 0.1) is 0 Å². The van der Waals surface area contributed by atoms with Crippen LogP contribution < -0.4 is 10.6 Å². The lowest BCUT2D eigenvalue weighted by atomic mass is 10.1. The summed E-state index contributed by atoms with van der Waals surface area (Å²) in [5.74, 6) is -0.0632. The summed E-state index contributed by atoms with van der Waals surface area (Å²) in [4.78, 5) is 12.1. The van der Waals surface area contributed by atoms with Crippen molar-refractivity contribution in [2.75, 3.05) is 20.2 Å². The lowest BCUT2D eigenvalue weighted by molar-refractivity contribution is -0.131. The van der Waals surface area contributed by atoms with Crippen molar-refractivity contribution in [1.82, 2.24) is 10.6 Å². The van der Waals surface area contributed by atoms with Crippen LogP contribution in [-0.4, -0.2) is 32.1 Å². The molecule has 0 saturated carbocycles. The molecule has 2 N–H and O–H groups in total. The van der Waals surface area contributed by atoms with Gasteiger partial charge in [-0.1, -0.05) is 30.3 Å². The molecule has 1 unspecified atom stereocenters. The van der Waals surface area contributed by atoms with Crippen LogP contribution in [0.2, 0.25) is 0 Å². The van der Waals surface area contributed by atoms with Gasteiger partial charge in [-0.15, -0.1) is 0 Å². The molecule has 1 aliphatic rings. The Kier molecular flexibility index (Phi) is 5.36. The monoisotopic (exact) mass is 262 g/mol. The third-order valence-corrected chi connectivity index (χ3v) is 3.53. The van der Waals surface area contributed by atoms with Gasteiger partial charge in [-0.05, 0) is 31.4 Å². The van der Waals surface area contributed by atoms with Gasteiger partial charge in [0.1, 0.15) is 0 Å². The van der Waals surface area contributed by atoms with Crippen molar-refractivity contribution < 1.29 is 9.53 Å². The van der Waals surface area contributed by atoms with Crippen molar-refractivity contribution >= 4 is 5.91 Å². The van der Waals surface area contributed by atoms with Crippen LogP contribution in [0.3, 0.4) is 0 Å². The van der Waals surface area contributed by atoms with Crippen molar-refractivity contribution in [3.63, 3.8) is 0 Å². The number of ether oxygens (including phenoxy) is 1. The molecule has 0 aromatic heterocycles. The van der Waals surface area contributed by atoms with E-state index in [1.165, 1.54) is 12.8 Å². The Morgan fingerprint density at radius 3 is 2.89 bits per heavy atom. The molecular formula is C15H22N2O2. The van der Waals surface area contributed by atoms with E-state index in [9.17, 15) is 4.79 Å².